The lowest BCUT2D eigenvalue weighted by atomic mass is 10.0. The second-order valence-corrected chi connectivity index (χ2v) is 4.30. The molecule has 1 aliphatic rings. The summed E-state index contributed by atoms with van der Waals surface area (Å²) >= 11 is 0. The van der Waals surface area contributed by atoms with Crippen LogP contribution in [0, 0.1) is 11.7 Å². The average Bonchev–Trinajstić information content (AvgIpc) is 2.26. The number of hydrogen-bond donors (Lipinski definition) is 1. The van der Waals surface area contributed by atoms with Crippen molar-refractivity contribution in [3.8, 4) is 0 Å². The molecule has 0 atom stereocenters. The molecular formula is C13H16FNO2. The highest BCUT2D eigenvalue weighted by molar-refractivity contribution is 5.76. The Kier molecular flexibility index (Phi) is 4.09. The summed E-state index contributed by atoms with van der Waals surface area (Å²) < 4.78 is 18.3. The molecule has 1 saturated heterocycles. The zero-order chi connectivity index (χ0) is 12.1. The monoisotopic (exact) mass is 237 g/mol. The van der Waals surface area contributed by atoms with Crippen LogP contribution in [0.3, 0.4) is 0 Å². The number of ether oxygens (including phenoxy) is 1. The smallest absolute Gasteiger partial charge is 0.220 e. The van der Waals surface area contributed by atoms with E-state index in [0.717, 1.165) is 0 Å². The molecule has 1 heterocycles. The van der Waals surface area contributed by atoms with Gasteiger partial charge in [0, 0.05) is 18.9 Å². The lowest BCUT2D eigenvalue weighted by Crippen LogP contribution is -2.35. The van der Waals surface area contributed by atoms with Crippen molar-refractivity contribution in [2.45, 2.75) is 12.8 Å². The summed E-state index contributed by atoms with van der Waals surface area (Å²) in [6, 6.07) is 6.63. The Bertz CT molecular complexity index is 391. The van der Waals surface area contributed by atoms with Gasteiger partial charge in [-0.1, -0.05) is 18.2 Å². The van der Waals surface area contributed by atoms with E-state index in [1.54, 1.807) is 18.2 Å². The first-order valence-electron chi connectivity index (χ1n) is 5.83. The fourth-order valence-corrected chi connectivity index (χ4v) is 1.77. The van der Waals surface area contributed by atoms with Crippen molar-refractivity contribution >= 4 is 5.91 Å². The number of halogens is 1. The number of carbonyl (C=O) groups is 1. The molecule has 0 spiro atoms. The third-order valence-corrected chi connectivity index (χ3v) is 2.86. The Balaban J connectivity index is 1.68. The first kappa shape index (κ1) is 12.0. The van der Waals surface area contributed by atoms with E-state index in [9.17, 15) is 9.18 Å². The SMILES string of the molecule is O=C(CC1COC1)NCCc1ccccc1F. The molecule has 1 aromatic carbocycles. The van der Waals surface area contributed by atoms with Crippen molar-refractivity contribution in [1.29, 1.82) is 0 Å². The van der Waals surface area contributed by atoms with Gasteiger partial charge in [0.25, 0.3) is 0 Å². The highest BCUT2D eigenvalue weighted by Crippen LogP contribution is 2.13. The molecule has 1 aliphatic heterocycles. The fourth-order valence-electron chi connectivity index (χ4n) is 1.77. The number of benzene rings is 1. The van der Waals surface area contributed by atoms with E-state index < -0.39 is 0 Å². The van der Waals surface area contributed by atoms with Crippen LogP contribution in [-0.4, -0.2) is 25.7 Å². The van der Waals surface area contributed by atoms with Gasteiger partial charge in [0.2, 0.25) is 5.91 Å². The predicted octanol–water partition coefficient (Wildman–Crippen LogP) is 1.52. The second kappa shape index (κ2) is 5.77. The predicted molar refractivity (Wildman–Crippen MR) is 62.0 cm³/mol. The minimum absolute atomic E-state index is 0.0228. The summed E-state index contributed by atoms with van der Waals surface area (Å²) in [5.74, 6) is 0.173. The zero-order valence-corrected chi connectivity index (χ0v) is 9.62. The zero-order valence-electron chi connectivity index (χ0n) is 9.62. The van der Waals surface area contributed by atoms with Gasteiger partial charge < -0.3 is 10.1 Å². The van der Waals surface area contributed by atoms with Crippen LogP contribution in [0.1, 0.15) is 12.0 Å². The average molecular weight is 237 g/mol. The number of hydrogen-bond acceptors (Lipinski definition) is 2. The molecule has 1 fully saturated rings. The highest BCUT2D eigenvalue weighted by Gasteiger charge is 2.21. The van der Waals surface area contributed by atoms with E-state index in [1.807, 2.05) is 0 Å². The molecule has 1 aromatic rings. The van der Waals surface area contributed by atoms with Crippen molar-refractivity contribution in [1.82, 2.24) is 5.32 Å². The van der Waals surface area contributed by atoms with Gasteiger partial charge in [0.1, 0.15) is 5.82 Å². The Labute approximate surface area is 100.0 Å². The summed E-state index contributed by atoms with van der Waals surface area (Å²) in [5.41, 5.74) is 0.639. The Morgan fingerprint density at radius 2 is 2.18 bits per heavy atom. The maximum atomic E-state index is 13.3. The van der Waals surface area contributed by atoms with Crippen molar-refractivity contribution in [3.63, 3.8) is 0 Å². The number of carbonyl (C=O) groups excluding carboxylic acids is 1. The topological polar surface area (TPSA) is 38.3 Å². The molecule has 2 rings (SSSR count). The second-order valence-electron chi connectivity index (χ2n) is 4.30. The standard InChI is InChI=1S/C13H16FNO2/c14-12-4-2-1-3-11(12)5-6-15-13(16)7-10-8-17-9-10/h1-4,10H,5-9H2,(H,15,16). The molecule has 1 N–H and O–H groups in total. The van der Waals surface area contributed by atoms with E-state index in [0.29, 0.717) is 44.1 Å². The molecule has 0 aromatic heterocycles. The van der Waals surface area contributed by atoms with Crippen LogP contribution in [-0.2, 0) is 16.0 Å². The van der Waals surface area contributed by atoms with E-state index in [4.69, 9.17) is 4.74 Å². The van der Waals surface area contributed by atoms with Gasteiger partial charge >= 0.3 is 0 Å². The van der Waals surface area contributed by atoms with Crippen molar-refractivity contribution in [2.75, 3.05) is 19.8 Å². The quantitative estimate of drug-likeness (QED) is 0.843. The molecule has 0 bridgehead atoms. The molecule has 0 aliphatic carbocycles. The van der Waals surface area contributed by atoms with E-state index in [-0.39, 0.29) is 11.7 Å². The fraction of sp³-hybridized carbons (Fsp3) is 0.462. The number of amides is 1. The molecule has 1 amide bonds. The van der Waals surface area contributed by atoms with Gasteiger partial charge in [-0.25, -0.2) is 4.39 Å². The summed E-state index contributed by atoms with van der Waals surface area (Å²) in [5, 5.41) is 2.80. The van der Waals surface area contributed by atoms with Crippen molar-refractivity contribution in [2.24, 2.45) is 5.92 Å². The largest absolute Gasteiger partial charge is 0.381 e. The molecule has 0 radical (unpaired) electrons. The molecule has 0 unspecified atom stereocenters. The van der Waals surface area contributed by atoms with Crippen LogP contribution < -0.4 is 5.32 Å². The van der Waals surface area contributed by atoms with Gasteiger partial charge in [-0.05, 0) is 18.1 Å². The minimum atomic E-state index is -0.214. The summed E-state index contributed by atoms with van der Waals surface area (Å²) in [6.07, 6.45) is 1.04. The maximum Gasteiger partial charge on any atom is 0.220 e. The molecule has 4 heteroatoms. The summed E-state index contributed by atoms with van der Waals surface area (Å²) in [4.78, 5) is 11.5. The van der Waals surface area contributed by atoms with E-state index in [1.165, 1.54) is 6.07 Å². The lowest BCUT2D eigenvalue weighted by molar-refractivity contribution is -0.126. The molecule has 92 valence electrons. The van der Waals surface area contributed by atoms with Crippen molar-refractivity contribution < 1.29 is 13.9 Å². The summed E-state index contributed by atoms with van der Waals surface area (Å²) in [7, 11) is 0. The minimum Gasteiger partial charge on any atom is -0.381 e. The molecule has 0 saturated carbocycles. The van der Waals surface area contributed by atoms with Crippen molar-refractivity contribution in [3.05, 3.63) is 35.6 Å². The first-order chi connectivity index (χ1) is 8.25. The van der Waals surface area contributed by atoms with Crippen LogP contribution in [0.2, 0.25) is 0 Å². The van der Waals surface area contributed by atoms with Gasteiger partial charge in [-0.3, -0.25) is 4.79 Å². The van der Waals surface area contributed by atoms with Crippen LogP contribution in [0.25, 0.3) is 0 Å². The van der Waals surface area contributed by atoms with Gasteiger partial charge in [0.05, 0.1) is 13.2 Å². The molecular weight excluding hydrogens is 221 g/mol. The number of nitrogens with one attached hydrogen (secondary N) is 1. The molecule has 17 heavy (non-hydrogen) atoms. The van der Waals surface area contributed by atoms with E-state index >= 15 is 0 Å². The Hall–Kier alpha value is -1.42. The lowest BCUT2D eigenvalue weighted by Gasteiger charge is -2.25. The van der Waals surface area contributed by atoms with Gasteiger partial charge in [-0.15, -0.1) is 0 Å². The Morgan fingerprint density at radius 1 is 1.41 bits per heavy atom. The normalized spacial score (nSPS) is 15.4. The third kappa shape index (κ3) is 3.53. The first-order valence-corrected chi connectivity index (χ1v) is 5.83. The number of rotatable bonds is 5. The van der Waals surface area contributed by atoms with E-state index in [2.05, 4.69) is 5.32 Å². The van der Waals surface area contributed by atoms with Crippen LogP contribution in [0.5, 0.6) is 0 Å². The third-order valence-electron chi connectivity index (χ3n) is 2.86. The van der Waals surface area contributed by atoms with Gasteiger partial charge in [0.15, 0.2) is 0 Å². The van der Waals surface area contributed by atoms with Crippen LogP contribution >= 0.6 is 0 Å². The van der Waals surface area contributed by atoms with Gasteiger partial charge in [-0.2, -0.15) is 0 Å². The summed E-state index contributed by atoms with van der Waals surface area (Å²) in [6.45, 7) is 1.84. The molecule has 3 nitrogen and oxygen atoms in total. The Morgan fingerprint density at radius 3 is 2.82 bits per heavy atom. The highest BCUT2D eigenvalue weighted by atomic mass is 19.1. The van der Waals surface area contributed by atoms with Crippen LogP contribution in [0.15, 0.2) is 24.3 Å². The van der Waals surface area contributed by atoms with Crippen LogP contribution in [0.4, 0.5) is 4.39 Å². The maximum absolute atomic E-state index is 13.3.